The highest BCUT2D eigenvalue weighted by molar-refractivity contribution is 9.10. The van der Waals surface area contributed by atoms with Crippen molar-refractivity contribution in [2.45, 2.75) is 19.8 Å². The summed E-state index contributed by atoms with van der Waals surface area (Å²) in [6.45, 7) is 3.03. The number of allylic oxidation sites excluding steroid dienone is 1. The van der Waals surface area contributed by atoms with E-state index in [1.165, 1.54) is 12.0 Å². The van der Waals surface area contributed by atoms with Crippen molar-refractivity contribution in [3.8, 4) is 0 Å². The van der Waals surface area contributed by atoms with Crippen LogP contribution in [-0.4, -0.2) is 6.54 Å². The van der Waals surface area contributed by atoms with E-state index in [2.05, 4.69) is 33.4 Å². The van der Waals surface area contributed by atoms with Crippen LogP contribution < -0.4 is 5.32 Å². The Kier molecular flexibility index (Phi) is 3.37. The summed E-state index contributed by atoms with van der Waals surface area (Å²) in [7, 11) is 0. The fourth-order valence-corrected chi connectivity index (χ4v) is 2.57. The van der Waals surface area contributed by atoms with Crippen molar-refractivity contribution in [3.63, 3.8) is 0 Å². The van der Waals surface area contributed by atoms with Gasteiger partial charge in [-0.05, 0) is 47.3 Å². The van der Waals surface area contributed by atoms with Crippen LogP contribution in [0.5, 0.6) is 0 Å². The van der Waals surface area contributed by atoms with Crippen molar-refractivity contribution in [3.05, 3.63) is 32.8 Å². The number of hydrogen-bond donors (Lipinski definition) is 1. The molecular weight excluding hydrogens is 273 g/mol. The maximum absolute atomic E-state index is 6.15. The number of benzene rings is 1. The fraction of sp³-hybridized carbons (Fsp3) is 0.333. The molecule has 0 spiro atoms. The summed E-state index contributed by atoms with van der Waals surface area (Å²) in [4.78, 5) is 0. The number of anilines is 1. The van der Waals surface area contributed by atoms with Gasteiger partial charge in [0.05, 0.1) is 0 Å². The Labute approximate surface area is 104 Å². The van der Waals surface area contributed by atoms with Gasteiger partial charge in [0.25, 0.3) is 0 Å². The van der Waals surface area contributed by atoms with Crippen LogP contribution in [0.2, 0.25) is 5.02 Å². The van der Waals surface area contributed by atoms with E-state index >= 15 is 0 Å². The second-order valence-electron chi connectivity index (χ2n) is 3.73. The summed E-state index contributed by atoms with van der Waals surface area (Å²) >= 11 is 9.75. The monoisotopic (exact) mass is 285 g/mol. The minimum absolute atomic E-state index is 0.807. The normalized spacial score (nSPS) is 17.3. The molecule has 0 aromatic heterocycles. The van der Waals surface area contributed by atoms with E-state index in [-0.39, 0.29) is 0 Å². The lowest BCUT2D eigenvalue weighted by atomic mass is 10.1. The molecule has 0 aliphatic carbocycles. The summed E-state index contributed by atoms with van der Waals surface area (Å²) in [5, 5.41) is 4.22. The zero-order valence-corrected chi connectivity index (χ0v) is 11.0. The first-order valence-electron chi connectivity index (χ1n) is 5.09. The van der Waals surface area contributed by atoms with E-state index in [9.17, 15) is 0 Å². The van der Waals surface area contributed by atoms with Gasteiger partial charge in [-0.15, -0.1) is 0 Å². The summed E-state index contributed by atoms with van der Waals surface area (Å²) in [5.74, 6) is 0. The molecule has 1 aromatic rings. The maximum Gasteiger partial charge on any atom is 0.0467 e. The molecule has 2 rings (SSSR count). The molecule has 1 aliphatic rings. The largest absolute Gasteiger partial charge is 0.384 e. The van der Waals surface area contributed by atoms with E-state index in [1.807, 2.05) is 13.0 Å². The van der Waals surface area contributed by atoms with E-state index in [0.717, 1.165) is 33.7 Å². The van der Waals surface area contributed by atoms with E-state index in [1.54, 1.807) is 0 Å². The smallest absolute Gasteiger partial charge is 0.0467 e. The third kappa shape index (κ3) is 2.21. The number of halogens is 2. The Bertz CT molecular complexity index is 413. The third-order valence-corrected chi connectivity index (χ3v) is 4.05. The van der Waals surface area contributed by atoms with Crippen LogP contribution >= 0.6 is 27.5 Å². The number of fused-ring (bicyclic) bond motifs is 1. The summed E-state index contributed by atoms with van der Waals surface area (Å²) in [6, 6.07) is 2.01. The van der Waals surface area contributed by atoms with Crippen LogP contribution in [0.4, 0.5) is 5.69 Å². The van der Waals surface area contributed by atoms with Crippen molar-refractivity contribution in [2.75, 3.05) is 11.9 Å². The third-order valence-electron chi connectivity index (χ3n) is 2.63. The summed E-state index contributed by atoms with van der Waals surface area (Å²) in [5.41, 5.74) is 3.42. The summed E-state index contributed by atoms with van der Waals surface area (Å²) in [6.07, 6.45) is 6.67. The second kappa shape index (κ2) is 4.58. The average Bonchev–Trinajstić information content (AvgIpc) is 2.18. The Morgan fingerprint density at radius 1 is 1.47 bits per heavy atom. The molecule has 0 fully saturated rings. The molecule has 80 valence electrons. The van der Waals surface area contributed by atoms with Crippen molar-refractivity contribution in [1.29, 1.82) is 0 Å². The predicted octanol–water partition coefficient (Wildman–Crippen LogP) is 4.63. The van der Waals surface area contributed by atoms with Gasteiger partial charge in [0, 0.05) is 27.3 Å². The SMILES string of the molecule is Cc1c(Cl)cc2c(c1Br)/C=C/CCCN2. The van der Waals surface area contributed by atoms with Crippen molar-refractivity contribution >= 4 is 39.3 Å². The molecule has 3 heteroatoms. The maximum atomic E-state index is 6.15. The van der Waals surface area contributed by atoms with Crippen LogP contribution in [0.3, 0.4) is 0 Å². The lowest BCUT2D eigenvalue weighted by Gasteiger charge is -2.16. The van der Waals surface area contributed by atoms with Gasteiger partial charge in [0.2, 0.25) is 0 Å². The Morgan fingerprint density at radius 2 is 2.27 bits per heavy atom. The molecule has 0 saturated heterocycles. The van der Waals surface area contributed by atoms with Crippen LogP contribution in [0.1, 0.15) is 24.0 Å². The van der Waals surface area contributed by atoms with Crippen LogP contribution in [0.15, 0.2) is 16.6 Å². The van der Waals surface area contributed by atoms with Crippen molar-refractivity contribution < 1.29 is 0 Å². The highest BCUT2D eigenvalue weighted by Gasteiger charge is 2.11. The molecule has 0 unspecified atom stereocenters. The molecule has 0 amide bonds. The first kappa shape index (κ1) is 11.0. The number of nitrogens with one attached hydrogen (secondary N) is 1. The first-order chi connectivity index (χ1) is 7.20. The van der Waals surface area contributed by atoms with Gasteiger partial charge in [0.15, 0.2) is 0 Å². The Balaban J connectivity index is 2.58. The molecule has 1 nitrogen and oxygen atoms in total. The molecule has 1 heterocycles. The molecule has 0 bridgehead atoms. The van der Waals surface area contributed by atoms with Gasteiger partial charge in [-0.25, -0.2) is 0 Å². The van der Waals surface area contributed by atoms with Gasteiger partial charge in [-0.3, -0.25) is 0 Å². The quantitative estimate of drug-likeness (QED) is 0.733. The standard InChI is InChI=1S/C12H13BrClN/c1-8-10(14)7-11-9(12(8)13)5-3-2-4-6-15-11/h3,5,7,15H,2,4,6H2,1H3/b5-3+. The molecule has 1 aliphatic heterocycles. The molecule has 0 saturated carbocycles. The Morgan fingerprint density at radius 3 is 3.07 bits per heavy atom. The van der Waals surface area contributed by atoms with Gasteiger partial charge in [-0.2, -0.15) is 0 Å². The van der Waals surface area contributed by atoms with Crippen molar-refractivity contribution in [2.24, 2.45) is 0 Å². The highest BCUT2D eigenvalue weighted by Crippen LogP contribution is 2.35. The summed E-state index contributed by atoms with van der Waals surface area (Å²) < 4.78 is 1.09. The zero-order valence-electron chi connectivity index (χ0n) is 8.61. The second-order valence-corrected chi connectivity index (χ2v) is 4.93. The van der Waals surface area contributed by atoms with Gasteiger partial charge >= 0.3 is 0 Å². The van der Waals surface area contributed by atoms with E-state index in [4.69, 9.17) is 11.6 Å². The van der Waals surface area contributed by atoms with Gasteiger partial charge in [0.1, 0.15) is 0 Å². The van der Waals surface area contributed by atoms with E-state index < -0.39 is 0 Å². The molecule has 0 atom stereocenters. The molecular formula is C12H13BrClN. The minimum atomic E-state index is 0.807. The lowest BCUT2D eigenvalue weighted by molar-refractivity contribution is 0.887. The Hall–Kier alpha value is -0.470. The van der Waals surface area contributed by atoms with Crippen LogP contribution in [-0.2, 0) is 0 Å². The minimum Gasteiger partial charge on any atom is -0.384 e. The molecule has 1 N–H and O–H groups in total. The molecule has 1 aromatic carbocycles. The zero-order chi connectivity index (χ0) is 10.8. The first-order valence-corrected chi connectivity index (χ1v) is 6.26. The number of hydrogen-bond acceptors (Lipinski definition) is 1. The lowest BCUT2D eigenvalue weighted by Crippen LogP contribution is -2.05. The van der Waals surface area contributed by atoms with E-state index in [0.29, 0.717) is 0 Å². The van der Waals surface area contributed by atoms with Crippen molar-refractivity contribution in [1.82, 2.24) is 0 Å². The van der Waals surface area contributed by atoms with Gasteiger partial charge in [-0.1, -0.05) is 23.8 Å². The molecule has 0 radical (unpaired) electrons. The topological polar surface area (TPSA) is 12.0 Å². The van der Waals surface area contributed by atoms with Crippen LogP contribution in [0.25, 0.3) is 6.08 Å². The number of rotatable bonds is 0. The average molecular weight is 287 g/mol. The van der Waals surface area contributed by atoms with Crippen LogP contribution in [0, 0.1) is 6.92 Å². The highest BCUT2D eigenvalue weighted by atomic mass is 79.9. The molecule has 15 heavy (non-hydrogen) atoms. The predicted molar refractivity (Wildman–Crippen MR) is 70.6 cm³/mol. The van der Waals surface area contributed by atoms with Gasteiger partial charge < -0.3 is 5.32 Å². The fourth-order valence-electron chi connectivity index (χ4n) is 1.69.